The summed E-state index contributed by atoms with van der Waals surface area (Å²) in [7, 11) is -3.44. The van der Waals surface area contributed by atoms with Crippen LogP contribution in [0.1, 0.15) is 24.8 Å². The summed E-state index contributed by atoms with van der Waals surface area (Å²) >= 11 is 2.86. The zero-order valence-corrected chi connectivity index (χ0v) is 15.7. The highest BCUT2D eigenvalue weighted by Gasteiger charge is 2.32. The number of nitrogens with zero attached hydrogens (tertiary/aromatic N) is 2. The second-order valence-electron chi connectivity index (χ2n) is 5.99. The number of thiazole rings is 1. The molecule has 0 saturated carbocycles. The minimum Gasteiger partial charge on any atom is -0.328 e. The molecule has 0 bridgehead atoms. The average molecular weight is 372 g/mol. The van der Waals surface area contributed by atoms with Crippen molar-refractivity contribution < 1.29 is 8.42 Å². The Morgan fingerprint density at radius 1 is 1.43 bits per heavy atom. The normalized spacial score (nSPS) is 21.4. The monoisotopic (exact) mass is 371 g/mol. The van der Waals surface area contributed by atoms with Gasteiger partial charge in [0.1, 0.15) is 4.21 Å². The van der Waals surface area contributed by atoms with Gasteiger partial charge >= 0.3 is 0 Å². The molecule has 126 valence electrons. The highest BCUT2D eigenvalue weighted by atomic mass is 32.2. The van der Waals surface area contributed by atoms with E-state index in [0.29, 0.717) is 17.3 Å². The molecule has 1 aliphatic rings. The molecule has 1 aliphatic heterocycles. The molecule has 0 spiro atoms. The van der Waals surface area contributed by atoms with Gasteiger partial charge in [-0.2, -0.15) is 4.31 Å². The molecule has 2 aromatic heterocycles. The third-order valence-corrected chi connectivity index (χ3v) is 8.42. The third-order valence-electron chi connectivity index (χ3n) is 4.21. The Bertz CT molecular complexity index is 779. The Labute approximate surface area is 145 Å². The third kappa shape index (κ3) is 3.51. The predicted molar refractivity (Wildman–Crippen MR) is 95.3 cm³/mol. The number of rotatable bonds is 4. The van der Waals surface area contributed by atoms with Crippen molar-refractivity contribution in [1.82, 2.24) is 9.29 Å². The van der Waals surface area contributed by atoms with Gasteiger partial charge < -0.3 is 5.73 Å². The molecule has 0 radical (unpaired) electrons. The van der Waals surface area contributed by atoms with Gasteiger partial charge in [0.15, 0.2) is 0 Å². The van der Waals surface area contributed by atoms with Crippen LogP contribution in [0, 0.1) is 12.8 Å². The van der Waals surface area contributed by atoms with Crippen LogP contribution in [0.25, 0.3) is 10.6 Å². The standard InChI is InChI=1S/C15H21N3O2S3/c1-10(16)12-4-3-7-18(8-12)23(19,20)15-6-5-14(22-15)13-9-21-11(2)17-13/h5-6,9-10,12H,3-4,7-8,16H2,1-2H3. The van der Waals surface area contributed by atoms with Gasteiger partial charge in [-0.1, -0.05) is 0 Å². The molecule has 3 rings (SSSR count). The van der Waals surface area contributed by atoms with E-state index in [1.807, 2.05) is 25.3 Å². The SMILES string of the molecule is Cc1nc(-c2ccc(S(=O)(=O)N3CCCC(C(C)N)C3)s2)cs1. The first-order valence-electron chi connectivity index (χ1n) is 7.66. The Kier molecular flexibility index (Phi) is 4.89. The van der Waals surface area contributed by atoms with Crippen molar-refractivity contribution in [3.63, 3.8) is 0 Å². The number of sulfonamides is 1. The molecule has 5 nitrogen and oxygen atoms in total. The van der Waals surface area contributed by atoms with E-state index in [-0.39, 0.29) is 12.0 Å². The molecule has 2 N–H and O–H groups in total. The van der Waals surface area contributed by atoms with E-state index in [9.17, 15) is 8.42 Å². The van der Waals surface area contributed by atoms with Crippen LogP contribution in [-0.4, -0.2) is 36.8 Å². The van der Waals surface area contributed by atoms with Crippen LogP contribution in [0.3, 0.4) is 0 Å². The van der Waals surface area contributed by atoms with Crippen LogP contribution in [-0.2, 0) is 10.0 Å². The number of nitrogens with two attached hydrogens (primary N) is 1. The molecule has 1 fully saturated rings. The molecular weight excluding hydrogens is 350 g/mol. The van der Waals surface area contributed by atoms with E-state index in [2.05, 4.69) is 4.98 Å². The highest BCUT2D eigenvalue weighted by Crippen LogP contribution is 2.34. The maximum absolute atomic E-state index is 12.9. The first kappa shape index (κ1) is 17.0. The summed E-state index contributed by atoms with van der Waals surface area (Å²) in [6, 6.07) is 3.56. The molecule has 0 amide bonds. The second-order valence-corrected chi connectivity index (χ2v) is 10.3. The summed E-state index contributed by atoms with van der Waals surface area (Å²) in [5.41, 5.74) is 6.82. The Morgan fingerprint density at radius 3 is 2.87 bits per heavy atom. The lowest BCUT2D eigenvalue weighted by Gasteiger charge is -2.33. The van der Waals surface area contributed by atoms with E-state index >= 15 is 0 Å². The first-order chi connectivity index (χ1) is 10.9. The van der Waals surface area contributed by atoms with Crippen LogP contribution in [0.2, 0.25) is 0 Å². The summed E-state index contributed by atoms with van der Waals surface area (Å²) in [5.74, 6) is 0.235. The van der Waals surface area contributed by atoms with Gasteiger partial charge in [0.2, 0.25) is 0 Å². The van der Waals surface area contributed by atoms with Crippen LogP contribution in [0.15, 0.2) is 21.7 Å². The maximum Gasteiger partial charge on any atom is 0.252 e. The zero-order valence-electron chi connectivity index (χ0n) is 13.2. The van der Waals surface area contributed by atoms with E-state index in [1.54, 1.807) is 21.7 Å². The fraction of sp³-hybridized carbons (Fsp3) is 0.533. The molecule has 3 heterocycles. The lowest BCUT2D eigenvalue weighted by molar-refractivity contribution is 0.243. The molecule has 8 heteroatoms. The van der Waals surface area contributed by atoms with E-state index in [1.165, 1.54) is 11.3 Å². The fourth-order valence-corrected chi connectivity index (χ4v) is 6.47. The summed E-state index contributed by atoms with van der Waals surface area (Å²) in [5, 5.41) is 2.94. The van der Waals surface area contributed by atoms with Crippen LogP contribution < -0.4 is 5.73 Å². The van der Waals surface area contributed by atoms with Crippen LogP contribution in [0.5, 0.6) is 0 Å². The van der Waals surface area contributed by atoms with Gasteiger partial charge in [-0.15, -0.1) is 22.7 Å². The summed E-state index contributed by atoms with van der Waals surface area (Å²) in [6.45, 7) is 4.99. The number of hydrogen-bond acceptors (Lipinski definition) is 6. The van der Waals surface area contributed by atoms with E-state index in [0.717, 1.165) is 28.4 Å². The largest absolute Gasteiger partial charge is 0.328 e. The number of aromatic nitrogens is 1. The molecule has 2 unspecified atom stereocenters. The topological polar surface area (TPSA) is 76.3 Å². The van der Waals surface area contributed by atoms with Gasteiger partial charge in [-0.25, -0.2) is 13.4 Å². The summed E-state index contributed by atoms with van der Waals surface area (Å²) in [6.07, 6.45) is 1.87. The fourth-order valence-electron chi connectivity index (χ4n) is 2.82. The smallest absolute Gasteiger partial charge is 0.252 e. The van der Waals surface area contributed by atoms with Gasteiger partial charge in [-0.3, -0.25) is 0 Å². The summed E-state index contributed by atoms with van der Waals surface area (Å²) in [4.78, 5) is 5.32. The Morgan fingerprint density at radius 2 is 2.22 bits per heavy atom. The first-order valence-corrected chi connectivity index (χ1v) is 10.8. The van der Waals surface area contributed by atoms with E-state index < -0.39 is 10.0 Å². The van der Waals surface area contributed by atoms with Crippen LogP contribution >= 0.6 is 22.7 Å². The number of thiophene rings is 1. The minimum absolute atomic E-state index is 0.0184. The van der Waals surface area contributed by atoms with E-state index in [4.69, 9.17) is 5.73 Å². The lowest BCUT2D eigenvalue weighted by Crippen LogP contribution is -2.44. The quantitative estimate of drug-likeness (QED) is 0.896. The summed E-state index contributed by atoms with van der Waals surface area (Å²) < 4.78 is 27.7. The van der Waals surface area contributed by atoms with Gasteiger partial charge in [0.05, 0.1) is 15.6 Å². The maximum atomic E-state index is 12.9. The lowest BCUT2D eigenvalue weighted by atomic mass is 9.93. The predicted octanol–water partition coefficient (Wildman–Crippen LogP) is 2.93. The van der Waals surface area contributed by atoms with Crippen molar-refractivity contribution in [1.29, 1.82) is 0 Å². The van der Waals surface area contributed by atoms with Crippen molar-refractivity contribution in [2.75, 3.05) is 13.1 Å². The Hall–Kier alpha value is -0.800. The highest BCUT2D eigenvalue weighted by molar-refractivity contribution is 7.91. The van der Waals surface area contributed by atoms with Gasteiger partial charge in [0, 0.05) is 24.5 Å². The second kappa shape index (κ2) is 6.60. The molecule has 1 saturated heterocycles. The molecule has 2 aromatic rings. The number of aryl methyl sites for hydroxylation is 1. The average Bonchev–Trinajstić information content (AvgIpc) is 3.16. The van der Waals surface area contributed by atoms with Crippen molar-refractivity contribution in [3.05, 3.63) is 22.5 Å². The van der Waals surface area contributed by atoms with Gasteiger partial charge in [-0.05, 0) is 44.7 Å². The molecular formula is C15H21N3O2S3. The van der Waals surface area contributed by atoms with Gasteiger partial charge in [0.25, 0.3) is 10.0 Å². The van der Waals surface area contributed by atoms with Crippen molar-refractivity contribution in [2.24, 2.45) is 11.7 Å². The van der Waals surface area contributed by atoms with Crippen molar-refractivity contribution in [3.8, 4) is 10.6 Å². The molecule has 2 atom stereocenters. The molecule has 0 aromatic carbocycles. The minimum atomic E-state index is -3.44. The molecule has 0 aliphatic carbocycles. The number of hydrogen-bond donors (Lipinski definition) is 1. The Balaban J connectivity index is 1.84. The van der Waals surface area contributed by atoms with Crippen molar-refractivity contribution in [2.45, 2.75) is 36.9 Å². The van der Waals surface area contributed by atoms with Crippen LogP contribution in [0.4, 0.5) is 0 Å². The zero-order chi connectivity index (χ0) is 16.6. The number of piperidine rings is 1. The molecule has 23 heavy (non-hydrogen) atoms. The van der Waals surface area contributed by atoms with Crippen molar-refractivity contribution >= 4 is 32.7 Å².